The Kier molecular flexibility index (Phi) is 7.39. The van der Waals surface area contributed by atoms with Gasteiger partial charge in [-0.1, -0.05) is 40.2 Å². The number of ether oxygens (including phenoxy) is 1. The monoisotopic (exact) mass is 723 g/mol. The van der Waals surface area contributed by atoms with Crippen LogP contribution in [0, 0.1) is 5.82 Å². The van der Waals surface area contributed by atoms with Crippen molar-refractivity contribution in [2.45, 2.75) is 6.61 Å². The summed E-state index contributed by atoms with van der Waals surface area (Å²) in [7, 11) is 0. The molecule has 0 radical (unpaired) electrons. The Morgan fingerprint density at radius 2 is 1.75 bits per heavy atom. The summed E-state index contributed by atoms with van der Waals surface area (Å²) in [6, 6.07) is 24.5. The van der Waals surface area contributed by atoms with Crippen molar-refractivity contribution in [1.29, 1.82) is 0 Å². The summed E-state index contributed by atoms with van der Waals surface area (Å²) >= 11 is 10.6. The SMILES string of the molecule is O=c1c2ccccc2nc(-c2cc3cc(Br)ccc3o2)n1N=Cc1cc(Br)c(OCc2cccc(F)c2)c(Br)c1. The lowest BCUT2D eigenvalue weighted by atomic mass is 10.2. The lowest BCUT2D eigenvalue weighted by Crippen LogP contribution is -2.20. The number of rotatable bonds is 6. The molecule has 0 amide bonds. The fourth-order valence-corrected chi connectivity index (χ4v) is 6.04. The standard InChI is InChI=1S/C30H17Br3FN3O3/c31-20-8-9-26-19(13-20)14-27(40-26)29-36-25-7-2-1-6-22(25)30(38)37(29)35-15-18-11-23(32)28(24(33)12-18)39-16-17-4-3-5-21(34)10-17/h1-15H,16H2. The van der Waals surface area contributed by atoms with Crippen LogP contribution in [0.15, 0.2) is 113 Å². The van der Waals surface area contributed by atoms with Crippen molar-refractivity contribution >= 4 is 75.9 Å². The Hall–Kier alpha value is -3.60. The van der Waals surface area contributed by atoms with Gasteiger partial charge in [0.15, 0.2) is 5.76 Å². The molecule has 6 aromatic rings. The van der Waals surface area contributed by atoms with Gasteiger partial charge in [0.25, 0.3) is 5.56 Å². The fraction of sp³-hybridized carbons (Fsp3) is 0.0333. The Morgan fingerprint density at radius 1 is 0.950 bits per heavy atom. The summed E-state index contributed by atoms with van der Waals surface area (Å²) in [5.74, 6) is 0.927. The third kappa shape index (κ3) is 5.39. The van der Waals surface area contributed by atoms with Gasteiger partial charge in [0.05, 0.1) is 26.1 Å². The molecule has 0 N–H and O–H groups in total. The van der Waals surface area contributed by atoms with Gasteiger partial charge < -0.3 is 9.15 Å². The van der Waals surface area contributed by atoms with E-state index in [2.05, 4.69) is 52.9 Å². The van der Waals surface area contributed by atoms with Gasteiger partial charge >= 0.3 is 0 Å². The second-order valence-electron chi connectivity index (χ2n) is 8.84. The van der Waals surface area contributed by atoms with Crippen LogP contribution in [0.3, 0.4) is 0 Å². The zero-order valence-corrected chi connectivity index (χ0v) is 25.2. The molecular weight excluding hydrogens is 709 g/mol. The number of para-hydroxylation sites is 1. The highest BCUT2D eigenvalue weighted by molar-refractivity contribution is 9.11. The smallest absolute Gasteiger partial charge is 0.282 e. The molecule has 0 aliphatic rings. The number of aromatic nitrogens is 2. The number of benzene rings is 4. The van der Waals surface area contributed by atoms with Gasteiger partial charge in [0.1, 0.15) is 23.8 Å². The average molecular weight is 726 g/mol. The van der Waals surface area contributed by atoms with E-state index in [4.69, 9.17) is 14.1 Å². The van der Waals surface area contributed by atoms with Crippen LogP contribution in [0.1, 0.15) is 11.1 Å². The molecule has 0 saturated heterocycles. The summed E-state index contributed by atoms with van der Waals surface area (Å²) in [4.78, 5) is 18.3. The largest absolute Gasteiger partial charge is 0.487 e. The van der Waals surface area contributed by atoms with Gasteiger partial charge in [0.2, 0.25) is 5.82 Å². The quantitative estimate of drug-likeness (QED) is 0.161. The second-order valence-corrected chi connectivity index (χ2v) is 11.5. The van der Waals surface area contributed by atoms with Crippen molar-refractivity contribution in [3.05, 3.63) is 126 Å². The third-order valence-electron chi connectivity index (χ3n) is 6.07. The molecule has 0 bridgehead atoms. The summed E-state index contributed by atoms with van der Waals surface area (Å²) in [5.41, 5.74) is 2.28. The van der Waals surface area contributed by atoms with Crippen LogP contribution in [0.2, 0.25) is 0 Å². The summed E-state index contributed by atoms with van der Waals surface area (Å²) in [5, 5.41) is 5.83. The minimum Gasteiger partial charge on any atom is -0.487 e. The van der Waals surface area contributed by atoms with Crippen molar-refractivity contribution < 1.29 is 13.5 Å². The average Bonchev–Trinajstić information content (AvgIpc) is 3.35. The Bertz CT molecular complexity index is 1980. The number of nitrogens with zero attached hydrogens (tertiary/aromatic N) is 3. The minimum absolute atomic E-state index is 0.192. The van der Waals surface area contributed by atoms with Crippen molar-refractivity contribution in [2.75, 3.05) is 0 Å². The molecule has 0 fully saturated rings. The Labute approximate surface area is 252 Å². The van der Waals surface area contributed by atoms with Crippen LogP contribution in [0.4, 0.5) is 4.39 Å². The zero-order chi connectivity index (χ0) is 27.8. The van der Waals surface area contributed by atoms with Gasteiger partial charge in [-0.25, -0.2) is 9.37 Å². The van der Waals surface area contributed by atoms with Crippen LogP contribution in [0.5, 0.6) is 5.75 Å². The lowest BCUT2D eigenvalue weighted by molar-refractivity contribution is 0.301. The molecular formula is C30H17Br3FN3O3. The molecule has 0 saturated carbocycles. The van der Waals surface area contributed by atoms with Crippen LogP contribution < -0.4 is 10.3 Å². The number of halogens is 4. The zero-order valence-electron chi connectivity index (χ0n) is 20.4. The highest BCUT2D eigenvalue weighted by Crippen LogP contribution is 2.35. The topological polar surface area (TPSA) is 69.6 Å². The predicted molar refractivity (Wildman–Crippen MR) is 164 cm³/mol. The van der Waals surface area contributed by atoms with Gasteiger partial charge in [-0.2, -0.15) is 9.78 Å². The number of hydrogen-bond acceptors (Lipinski definition) is 5. The van der Waals surface area contributed by atoms with Crippen LogP contribution in [-0.2, 0) is 6.61 Å². The first-order valence-electron chi connectivity index (χ1n) is 12.0. The van der Waals surface area contributed by atoms with E-state index in [9.17, 15) is 9.18 Å². The molecule has 10 heteroatoms. The maximum atomic E-state index is 13.5. The van der Waals surface area contributed by atoms with E-state index in [0.29, 0.717) is 48.1 Å². The van der Waals surface area contributed by atoms with Gasteiger partial charge in [-0.3, -0.25) is 4.79 Å². The summed E-state index contributed by atoms with van der Waals surface area (Å²) in [6.45, 7) is 0.192. The van der Waals surface area contributed by atoms with Crippen LogP contribution >= 0.6 is 47.8 Å². The molecule has 198 valence electrons. The van der Waals surface area contributed by atoms with Gasteiger partial charge in [0, 0.05) is 9.86 Å². The van der Waals surface area contributed by atoms with Gasteiger partial charge in [-0.05, 0) is 104 Å². The molecule has 6 rings (SSSR count). The molecule has 0 spiro atoms. The highest BCUT2D eigenvalue weighted by Gasteiger charge is 2.17. The number of fused-ring (bicyclic) bond motifs is 2. The maximum absolute atomic E-state index is 13.5. The molecule has 40 heavy (non-hydrogen) atoms. The van der Waals surface area contributed by atoms with E-state index >= 15 is 0 Å². The van der Waals surface area contributed by atoms with E-state index in [0.717, 1.165) is 9.86 Å². The molecule has 6 nitrogen and oxygen atoms in total. The molecule has 0 aliphatic carbocycles. The Morgan fingerprint density at radius 3 is 2.55 bits per heavy atom. The number of hydrogen-bond donors (Lipinski definition) is 0. The highest BCUT2D eigenvalue weighted by atomic mass is 79.9. The first-order chi connectivity index (χ1) is 19.4. The van der Waals surface area contributed by atoms with Crippen molar-refractivity contribution in [1.82, 2.24) is 9.66 Å². The second kappa shape index (κ2) is 11.1. The number of furan rings is 1. The van der Waals surface area contributed by atoms with E-state index in [1.165, 1.54) is 16.8 Å². The minimum atomic E-state index is -0.327. The Balaban J connectivity index is 1.38. The lowest BCUT2D eigenvalue weighted by Gasteiger charge is -2.12. The molecule has 2 aromatic heterocycles. The van der Waals surface area contributed by atoms with E-state index in [1.54, 1.807) is 36.5 Å². The van der Waals surface area contributed by atoms with Crippen LogP contribution in [-0.4, -0.2) is 15.9 Å². The van der Waals surface area contributed by atoms with E-state index in [1.807, 2.05) is 42.5 Å². The molecule has 0 aliphatic heterocycles. The third-order valence-corrected chi connectivity index (χ3v) is 7.74. The molecule has 0 unspecified atom stereocenters. The molecule has 0 atom stereocenters. The normalized spacial score (nSPS) is 11.6. The predicted octanol–water partition coefficient (Wildman–Crippen LogP) is 8.70. The molecule has 2 heterocycles. The first kappa shape index (κ1) is 26.6. The maximum Gasteiger partial charge on any atom is 0.282 e. The van der Waals surface area contributed by atoms with Crippen molar-refractivity contribution in [3.8, 4) is 17.3 Å². The van der Waals surface area contributed by atoms with E-state index in [-0.39, 0.29) is 23.8 Å². The van der Waals surface area contributed by atoms with Crippen molar-refractivity contribution in [3.63, 3.8) is 0 Å². The van der Waals surface area contributed by atoms with Crippen molar-refractivity contribution in [2.24, 2.45) is 5.10 Å². The summed E-state index contributed by atoms with van der Waals surface area (Å²) in [6.07, 6.45) is 1.56. The fourth-order valence-electron chi connectivity index (χ4n) is 4.21. The summed E-state index contributed by atoms with van der Waals surface area (Å²) < 4.78 is 29.0. The van der Waals surface area contributed by atoms with E-state index < -0.39 is 0 Å². The first-order valence-corrected chi connectivity index (χ1v) is 14.4. The molecule has 4 aromatic carbocycles. The van der Waals surface area contributed by atoms with Gasteiger partial charge in [-0.15, -0.1) is 0 Å². The van der Waals surface area contributed by atoms with Crippen LogP contribution in [0.25, 0.3) is 33.5 Å².